The zero-order valence-electron chi connectivity index (χ0n) is 14.9. The molecule has 2 aromatic heterocycles. The number of hydrogen-bond donors (Lipinski definition) is 1. The van der Waals surface area contributed by atoms with Crippen LogP contribution in [0.1, 0.15) is 19.4 Å². The summed E-state index contributed by atoms with van der Waals surface area (Å²) in [4.78, 5) is 25.0. The van der Waals surface area contributed by atoms with Gasteiger partial charge in [-0.25, -0.2) is 4.68 Å². The second-order valence-electron chi connectivity index (χ2n) is 6.54. The van der Waals surface area contributed by atoms with Crippen LogP contribution < -0.4 is 10.9 Å². The molecule has 6 nitrogen and oxygen atoms in total. The van der Waals surface area contributed by atoms with Gasteiger partial charge in [0.1, 0.15) is 11.2 Å². The van der Waals surface area contributed by atoms with Crippen molar-refractivity contribution in [2.24, 2.45) is 0 Å². The van der Waals surface area contributed by atoms with Gasteiger partial charge in [-0.1, -0.05) is 6.07 Å². The molecule has 0 saturated carbocycles. The predicted octanol–water partition coefficient (Wildman–Crippen LogP) is 3.90. The number of benzene rings is 1. The molecule has 3 rings (SSSR count). The normalized spacial score (nSPS) is 12.0. The van der Waals surface area contributed by atoms with E-state index in [1.807, 2.05) is 0 Å². The lowest BCUT2D eigenvalue weighted by Gasteiger charge is -2.25. The fourth-order valence-corrected chi connectivity index (χ4v) is 2.52. The van der Waals surface area contributed by atoms with Gasteiger partial charge in [0, 0.05) is 11.8 Å². The van der Waals surface area contributed by atoms with Crippen molar-refractivity contribution >= 4 is 11.6 Å². The standard InChI is InChI=1S/C19H16F3N3O3/c1-18(2,17(27)23-13-6-3-5-12(11-13)19(20,21)22)25-16(26)9-8-14(24-25)15-7-4-10-28-15/h3-11H,1-2H3,(H,23,27). The summed E-state index contributed by atoms with van der Waals surface area (Å²) in [5.74, 6) is -0.291. The molecule has 0 aliphatic heterocycles. The van der Waals surface area contributed by atoms with Crippen molar-refractivity contribution < 1.29 is 22.4 Å². The fourth-order valence-electron chi connectivity index (χ4n) is 2.52. The van der Waals surface area contributed by atoms with Crippen molar-refractivity contribution in [1.82, 2.24) is 9.78 Å². The van der Waals surface area contributed by atoms with Gasteiger partial charge in [0.05, 0.1) is 11.8 Å². The minimum absolute atomic E-state index is 0.0388. The number of amides is 1. The van der Waals surface area contributed by atoms with Crippen molar-refractivity contribution in [2.75, 3.05) is 5.32 Å². The van der Waals surface area contributed by atoms with Crippen LogP contribution in [0, 0.1) is 0 Å². The van der Waals surface area contributed by atoms with E-state index in [-0.39, 0.29) is 5.69 Å². The van der Waals surface area contributed by atoms with Crippen LogP contribution in [0.5, 0.6) is 0 Å². The number of rotatable bonds is 4. The summed E-state index contributed by atoms with van der Waals surface area (Å²) in [5, 5.41) is 6.59. The first-order chi connectivity index (χ1) is 13.1. The van der Waals surface area contributed by atoms with Gasteiger partial charge in [0.15, 0.2) is 5.76 Å². The maximum atomic E-state index is 12.9. The Hall–Kier alpha value is -3.36. The van der Waals surface area contributed by atoms with Crippen LogP contribution in [0.3, 0.4) is 0 Å². The smallest absolute Gasteiger partial charge is 0.416 e. The number of aromatic nitrogens is 2. The van der Waals surface area contributed by atoms with E-state index in [1.54, 1.807) is 12.1 Å². The first kappa shape index (κ1) is 19.4. The number of alkyl halides is 3. The Morgan fingerprint density at radius 2 is 1.86 bits per heavy atom. The number of hydrogen-bond acceptors (Lipinski definition) is 4. The van der Waals surface area contributed by atoms with E-state index in [0.717, 1.165) is 16.8 Å². The van der Waals surface area contributed by atoms with Crippen LogP contribution >= 0.6 is 0 Å². The number of nitrogens with one attached hydrogen (secondary N) is 1. The predicted molar refractivity (Wildman–Crippen MR) is 95.6 cm³/mol. The molecule has 0 radical (unpaired) electrons. The Morgan fingerprint density at radius 3 is 2.50 bits per heavy atom. The summed E-state index contributed by atoms with van der Waals surface area (Å²) in [6.07, 6.45) is -3.09. The highest BCUT2D eigenvalue weighted by molar-refractivity contribution is 5.96. The lowest BCUT2D eigenvalue weighted by atomic mass is 10.0. The van der Waals surface area contributed by atoms with E-state index in [0.29, 0.717) is 11.5 Å². The van der Waals surface area contributed by atoms with E-state index in [1.165, 1.54) is 44.4 Å². The fraction of sp³-hybridized carbons (Fsp3) is 0.211. The Labute approximate surface area is 157 Å². The molecule has 2 heterocycles. The second-order valence-corrected chi connectivity index (χ2v) is 6.54. The maximum absolute atomic E-state index is 12.9. The number of carbonyl (C=O) groups is 1. The molecule has 0 aliphatic rings. The van der Waals surface area contributed by atoms with Gasteiger partial charge in [-0.3, -0.25) is 9.59 Å². The van der Waals surface area contributed by atoms with Crippen molar-refractivity contribution in [3.63, 3.8) is 0 Å². The van der Waals surface area contributed by atoms with Crippen LogP contribution in [0.25, 0.3) is 11.5 Å². The zero-order chi connectivity index (χ0) is 20.5. The van der Waals surface area contributed by atoms with E-state index in [2.05, 4.69) is 10.4 Å². The largest absolute Gasteiger partial charge is 0.463 e. The van der Waals surface area contributed by atoms with Gasteiger partial charge in [-0.05, 0) is 50.2 Å². The minimum atomic E-state index is -4.54. The summed E-state index contributed by atoms with van der Waals surface area (Å²) in [6, 6.07) is 10.2. The first-order valence-electron chi connectivity index (χ1n) is 8.22. The number of halogens is 3. The Morgan fingerprint density at radius 1 is 1.11 bits per heavy atom. The summed E-state index contributed by atoms with van der Waals surface area (Å²) >= 11 is 0. The minimum Gasteiger partial charge on any atom is -0.463 e. The highest BCUT2D eigenvalue weighted by Gasteiger charge is 2.34. The molecule has 9 heteroatoms. The molecule has 0 fully saturated rings. The van der Waals surface area contributed by atoms with Crippen LogP contribution in [0.2, 0.25) is 0 Å². The molecular formula is C19H16F3N3O3. The molecule has 1 aromatic carbocycles. The van der Waals surface area contributed by atoms with Crippen LogP contribution in [0.4, 0.5) is 18.9 Å². The first-order valence-corrected chi connectivity index (χ1v) is 8.22. The summed E-state index contributed by atoms with van der Waals surface area (Å²) < 4.78 is 44.8. The van der Waals surface area contributed by atoms with Crippen molar-refractivity contribution in [2.45, 2.75) is 25.6 Å². The number of furan rings is 1. The number of anilines is 1. The van der Waals surface area contributed by atoms with Gasteiger partial charge in [-0.15, -0.1) is 0 Å². The van der Waals surface area contributed by atoms with E-state index in [4.69, 9.17) is 4.42 Å². The summed E-state index contributed by atoms with van der Waals surface area (Å²) in [5.41, 5.74) is -2.61. The highest BCUT2D eigenvalue weighted by atomic mass is 19.4. The van der Waals surface area contributed by atoms with E-state index >= 15 is 0 Å². The van der Waals surface area contributed by atoms with Gasteiger partial charge in [0.25, 0.3) is 11.5 Å². The van der Waals surface area contributed by atoms with Crippen LogP contribution in [-0.4, -0.2) is 15.7 Å². The van der Waals surface area contributed by atoms with Gasteiger partial charge < -0.3 is 9.73 Å². The van der Waals surface area contributed by atoms with Crippen molar-refractivity contribution in [1.29, 1.82) is 0 Å². The maximum Gasteiger partial charge on any atom is 0.416 e. The van der Waals surface area contributed by atoms with Crippen LogP contribution in [-0.2, 0) is 16.5 Å². The Balaban J connectivity index is 1.92. The average Bonchev–Trinajstić information content (AvgIpc) is 3.16. The molecule has 28 heavy (non-hydrogen) atoms. The third kappa shape index (κ3) is 3.83. The highest BCUT2D eigenvalue weighted by Crippen LogP contribution is 2.31. The number of nitrogens with zero attached hydrogens (tertiary/aromatic N) is 2. The molecule has 146 valence electrons. The average molecular weight is 391 g/mol. The van der Waals surface area contributed by atoms with Gasteiger partial charge in [-0.2, -0.15) is 18.3 Å². The third-order valence-electron chi connectivity index (χ3n) is 4.11. The molecule has 0 bridgehead atoms. The lowest BCUT2D eigenvalue weighted by Crippen LogP contribution is -2.47. The van der Waals surface area contributed by atoms with E-state index < -0.39 is 28.7 Å². The molecule has 0 saturated heterocycles. The van der Waals surface area contributed by atoms with Gasteiger partial charge >= 0.3 is 6.18 Å². The van der Waals surface area contributed by atoms with Gasteiger partial charge in [0.2, 0.25) is 0 Å². The Kier molecular flexibility index (Phi) is 4.84. The molecule has 1 N–H and O–H groups in total. The van der Waals surface area contributed by atoms with Crippen molar-refractivity contribution in [3.05, 3.63) is 70.7 Å². The SMILES string of the molecule is CC(C)(C(=O)Nc1cccc(C(F)(F)F)c1)n1nc(-c2ccco2)ccc1=O. The molecule has 0 spiro atoms. The molecule has 0 atom stereocenters. The monoisotopic (exact) mass is 391 g/mol. The zero-order valence-corrected chi connectivity index (χ0v) is 14.9. The van der Waals surface area contributed by atoms with Crippen molar-refractivity contribution in [3.8, 4) is 11.5 Å². The summed E-state index contributed by atoms with van der Waals surface area (Å²) in [6.45, 7) is 2.88. The quantitative estimate of drug-likeness (QED) is 0.732. The lowest BCUT2D eigenvalue weighted by molar-refractivity contribution is -0.137. The molecule has 1 amide bonds. The molecule has 0 aliphatic carbocycles. The topological polar surface area (TPSA) is 77.1 Å². The second kappa shape index (κ2) is 6.99. The molecular weight excluding hydrogens is 375 g/mol. The van der Waals surface area contributed by atoms with Crippen LogP contribution in [0.15, 0.2) is 64.0 Å². The number of carbonyl (C=O) groups excluding carboxylic acids is 1. The third-order valence-corrected chi connectivity index (χ3v) is 4.11. The molecule has 0 unspecified atom stereocenters. The molecule has 3 aromatic rings. The Bertz CT molecular complexity index is 1050. The summed E-state index contributed by atoms with van der Waals surface area (Å²) in [7, 11) is 0. The van der Waals surface area contributed by atoms with E-state index in [9.17, 15) is 22.8 Å².